The summed E-state index contributed by atoms with van der Waals surface area (Å²) in [6, 6.07) is 8.39. The fourth-order valence-electron chi connectivity index (χ4n) is 1.79. The van der Waals surface area contributed by atoms with Crippen LogP contribution in [-0.4, -0.2) is 21.5 Å². The summed E-state index contributed by atoms with van der Waals surface area (Å²) in [5.74, 6) is 1.09. The van der Waals surface area contributed by atoms with Crippen molar-refractivity contribution in [3.8, 4) is 0 Å². The third kappa shape index (κ3) is 3.41. The predicted molar refractivity (Wildman–Crippen MR) is 72.5 cm³/mol. The maximum absolute atomic E-state index is 4.33. The van der Waals surface area contributed by atoms with Gasteiger partial charge in [-0.25, -0.2) is 4.98 Å². The van der Waals surface area contributed by atoms with Gasteiger partial charge in [-0.1, -0.05) is 28.1 Å². The standard InChI is InChI=1S/C13H16BrN3/c1-16(10-13-15-6-7-17(13)2)9-11-4-3-5-12(14)8-11/h3-8H,9-10H2,1-2H3. The monoisotopic (exact) mass is 293 g/mol. The van der Waals surface area contributed by atoms with Gasteiger partial charge in [-0.15, -0.1) is 0 Å². The topological polar surface area (TPSA) is 21.1 Å². The van der Waals surface area contributed by atoms with E-state index in [-0.39, 0.29) is 0 Å². The van der Waals surface area contributed by atoms with Crippen molar-refractivity contribution in [1.82, 2.24) is 14.5 Å². The van der Waals surface area contributed by atoms with E-state index in [2.05, 4.69) is 55.6 Å². The molecule has 0 radical (unpaired) electrons. The van der Waals surface area contributed by atoms with E-state index in [1.165, 1.54) is 5.56 Å². The average Bonchev–Trinajstić information content (AvgIpc) is 2.64. The number of rotatable bonds is 4. The second kappa shape index (κ2) is 5.47. The zero-order chi connectivity index (χ0) is 12.3. The molecule has 0 aliphatic heterocycles. The van der Waals surface area contributed by atoms with Gasteiger partial charge in [-0.2, -0.15) is 0 Å². The van der Waals surface area contributed by atoms with Crippen LogP contribution in [0.4, 0.5) is 0 Å². The van der Waals surface area contributed by atoms with Crippen molar-refractivity contribution in [2.24, 2.45) is 7.05 Å². The lowest BCUT2D eigenvalue weighted by Crippen LogP contribution is -2.19. The molecule has 0 fully saturated rings. The molecule has 0 N–H and O–H groups in total. The van der Waals surface area contributed by atoms with Crippen LogP contribution in [0.1, 0.15) is 11.4 Å². The second-order valence-corrected chi connectivity index (χ2v) is 5.17. The predicted octanol–water partition coefficient (Wildman–Crippen LogP) is 2.81. The first-order chi connectivity index (χ1) is 8.15. The molecule has 0 aliphatic carbocycles. The van der Waals surface area contributed by atoms with E-state index in [0.29, 0.717) is 0 Å². The molecule has 1 aromatic carbocycles. The molecule has 0 atom stereocenters. The smallest absolute Gasteiger partial charge is 0.122 e. The van der Waals surface area contributed by atoms with Crippen LogP contribution in [0.5, 0.6) is 0 Å². The third-order valence-electron chi connectivity index (χ3n) is 2.67. The van der Waals surface area contributed by atoms with E-state index in [1.54, 1.807) is 0 Å². The summed E-state index contributed by atoms with van der Waals surface area (Å²) in [6.45, 7) is 1.78. The van der Waals surface area contributed by atoms with Crippen molar-refractivity contribution >= 4 is 15.9 Å². The molecule has 0 saturated heterocycles. The normalized spacial score (nSPS) is 11.1. The highest BCUT2D eigenvalue weighted by atomic mass is 79.9. The van der Waals surface area contributed by atoms with Crippen LogP contribution in [0.25, 0.3) is 0 Å². The Bertz CT molecular complexity index is 493. The van der Waals surface area contributed by atoms with Crippen molar-refractivity contribution in [3.05, 3.63) is 52.5 Å². The van der Waals surface area contributed by atoms with E-state index in [0.717, 1.165) is 23.4 Å². The van der Waals surface area contributed by atoms with E-state index in [4.69, 9.17) is 0 Å². The quantitative estimate of drug-likeness (QED) is 0.864. The molecular weight excluding hydrogens is 278 g/mol. The van der Waals surface area contributed by atoms with Crippen LogP contribution in [0.3, 0.4) is 0 Å². The lowest BCUT2D eigenvalue weighted by Gasteiger charge is -2.16. The van der Waals surface area contributed by atoms with Gasteiger partial charge in [0.25, 0.3) is 0 Å². The van der Waals surface area contributed by atoms with Gasteiger partial charge in [0.2, 0.25) is 0 Å². The first kappa shape index (κ1) is 12.3. The highest BCUT2D eigenvalue weighted by Gasteiger charge is 2.05. The van der Waals surface area contributed by atoms with Crippen molar-refractivity contribution < 1.29 is 0 Å². The molecule has 1 heterocycles. The summed E-state index contributed by atoms with van der Waals surface area (Å²) in [4.78, 5) is 6.58. The summed E-state index contributed by atoms with van der Waals surface area (Å²) >= 11 is 3.49. The summed E-state index contributed by atoms with van der Waals surface area (Å²) in [7, 11) is 4.13. The van der Waals surface area contributed by atoms with Gasteiger partial charge in [-0.05, 0) is 24.7 Å². The second-order valence-electron chi connectivity index (χ2n) is 4.26. The van der Waals surface area contributed by atoms with E-state index in [1.807, 2.05) is 25.5 Å². The third-order valence-corrected chi connectivity index (χ3v) is 3.17. The molecule has 90 valence electrons. The van der Waals surface area contributed by atoms with Crippen LogP contribution in [0.15, 0.2) is 41.1 Å². The molecule has 17 heavy (non-hydrogen) atoms. The first-order valence-electron chi connectivity index (χ1n) is 5.54. The van der Waals surface area contributed by atoms with Crippen LogP contribution < -0.4 is 0 Å². The van der Waals surface area contributed by atoms with Gasteiger partial charge >= 0.3 is 0 Å². The Morgan fingerprint density at radius 2 is 2.18 bits per heavy atom. The molecular formula is C13H16BrN3. The van der Waals surface area contributed by atoms with Gasteiger partial charge < -0.3 is 4.57 Å². The van der Waals surface area contributed by atoms with Crippen molar-refractivity contribution in [2.75, 3.05) is 7.05 Å². The Labute approximate surface area is 110 Å². The average molecular weight is 294 g/mol. The summed E-state index contributed by atoms with van der Waals surface area (Å²) < 4.78 is 3.18. The van der Waals surface area contributed by atoms with Crippen molar-refractivity contribution in [1.29, 1.82) is 0 Å². The van der Waals surface area contributed by atoms with Gasteiger partial charge in [-0.3, -0.25) is 4.90 Å². The lowest BCUT2D eigenvalue weighted by atomic mass is 10.2. The SMILES string of the molecule is CN(Cc1cccc(Br)c1)Cc1nccn1C. The molecule has 0 saturated carbocycles. The largest absolute Gasteiger partial charge is 0.337 e. The van der Waals surface area contributed by atoms with E-state index in [9.17, 15) is 0 Å². The lowest BCUT2D eigenvalue weighted by molar-refractivity contribution is 0.307. The molecule has 0 spiro atoms. The number of aryl methyl sites for hydroxylation is 1. The molecule has 0 aliphatic rings. The van der Waals surface area contributed by atoms with Crippen LogP contribution in [-0.2, 0) is 20.1 Å². The molecule has 0 unspecified atom stereocenters. The van der Waals surface area contributed by atoms with Crippen LogP contribution >= 0.6 is 15.9 Å². The maximum Gasteiger partial charge on any atom is 0.122 e. The Morgan fingerprint density at radius 3 is 2.82 bits per heavy atom. The van der Waals surface area contributed by atoms with E-state index < -0.39 is 0 Å². The Hall–Kier alpha value is -1.13. The summed E-state index contributed by atoms with van der Waals surface area (Å²) in [5.41, 5.74) is 1.30. The van der Waals surface area contributed by atoms with Crippen LogP contribution in [0, 0.1) is 0 Å². The number of hydrogen-bond donors (Lipinski definition) is 0. The number of hydrogen-bond acceptors (Lipinski definition) is 2. The fraction of sp³-hybridized carbons (Fsp3) is 0.308. The first-order valence-corrected chi connectivity index (χ1v) is 6.33. The molecule has 2 rings (SSSR count). The number of aromatic nitrogens is 2. The number of imidazole rings is 1. The summed E-state index contributed by atoms with van der Waals surface area (Å²) in [6.07, 6.45) is 3.81. The zero-order valence-electron chi connectivity index (χ0n) is 10.1. The van der Waals surface area contributed by atoms with Gasteiger partial charge in [0.15, 0.2) is 0 Å². The molecule has 1 aromatic heterocycles. The van der Waals surface area contributed by atoms with Gasteiger partial charge in [0.1, 0.15) is 5.82 Å². The zero-order valence-corrected chi connectivity index (χ0v) is 11.7. The molecule has 2 aromatic rings. The highest BCUT2D eigenvalue weighted by Crippen LogP contribution is 2.13. The minimum atomic E-state index is 0.857. The highest BCUT2D eigenvalue weighted by molar-refractivity contribution is 9.10. The van der Waals surface area contributed by atoms with Crippen LogP contribution in [0.2, 0.25) is 0 Å². The minimum absolute atomic E-state index is 0.857. The molecule has 0 bridgehead atoms. The Balaban J connectivity index is 1.98. The Morgan fingerprint density at radius 1 is 1.35 bits per heavy atom. The fourth-order valence-corrected chi connectivity index (χ4v) is 2.24. The minimum Gasteiger partial charge on any atom is -0.337 e. The van der Waals surface area contributed by atoms with Crippen molar-refractivity contribution in [2.45, 2.75) is 13.1 Å². The molecule has 0 amide bonds. The number of benzene rings is 1. The van der Waals surface area contributed by atoms with E-state index >= 15 is 0 Å². The Kier molecular flexibility index (Phi) is 3.97. The summed E-state index contributed by atoms with van der Waals surface area (Å²) in [5, 5.41) is 0. The van der Waals surface area contributed by atoms with Gasteiger partial charge in [0, 0.05) is 30.5 Å². The maximum atomic E-state index is 4.33. The number of nitrogens with zero attached hydrogens (tertiary/aromatic N) is 3. The number of halogens is 1. The molecule has 3 nitrogen and oxygen atoms in total. The van der Waals surface area contributed by atoms with Gasteiger partial charge in [0.05, 0.1) is 6.54 Å². The molecule has 4 heteroatoms. The van der Waals surface area contributed by atoms with Crippen molar-refractivity contribution in [3.63, 3.8) is 0 Å².